The lowest BCUT2D eigenvalue weighted by molar-refractivity contribution is -0.140. The first-order valence-corrected chi connectivity index (χ1v) is 14.2. The van der Waals surface area contributed by atoms with E-state index in [9.17, 15) is 14.4 Å². The minimum absolute atomic E-state index is 0.0821. The van der Waals surface area contributed by atoms with E-state index < -0.39 is 29.7 Å². The maximum atomic E-state index is 14.5. The highest BCUT2D eigenvalue weighted by atomic mass is 16.6. The van der Waals surface area contributed by atoms with Crippen molar-refractivity contribution in [3.05, 3.63) is 113 Å². The molecular formula is C35H43N3O4. The predicted octanol–water partition coefficient (Wildman–Crippen LogP) is 6.75. The Balaban J connectivity index is 2.12. The fourth-order valence-corrected chi connectivity index (χ4v) is 5.05. The van der Waals surface area contributed by atoms with Gasteiger partial charge in [0.25, 0.3) is 5.91 Å². The van der Waals surface area contributed by atoms with Crippen molar-refractivity contribution in [2.45, 2.75) is 72.6 Å². The van der Waals surface area contributed by atoms with Gasteiger partial charge in [-0.25, -0.2) is 4.79 Å². The summed E-state index contributed by atoms with van der Waals surface area (Å²) >= 11 is 0. The van der Waals surface area contributed by atoms with Gasteiger partial charge in [0.05, 0.1) is 0 Å². The fraction of sp³-hybridized carbons (Fsp3) is 0.343. The summed E-state index contributed by atoms with van der Waals surface area (Å²) in [5, 5.41) is 5.89. The van der Waals surface area contributed by atoms with Crippen molar-refractivity contribution in [1.29, 1.82) is 0 Å². The molecule has 7 heteroatoms. The second-order valence-electron chi connectivity index (χ2n) is 11.6. The Bertz CT molecular complexity index is 1390. The van der Waals surface area contributed by atoms with Gasteiger partial charge in [0.2, 0.25) is 5.91 Å². The van der Waals surface area contributed by atoms with Crippen molar-refractivity contribution in [2.24, 2.45) is 0 Å². The zero-order valence-corrected chi connectivity index (χ0v) is 25.8. The SMILES string of the molecule is C=CCN(C(=O)C(Cc1ccccc1)NC(=O)OC(C)(C)C)C(C(=O)Nc1c(C)cccc1C)c1c(C)cccc1C. The van der Waals surface area contributed by atoms with Crippen molar-refractivity contribution in [1.82, 2.24) is 10.2 Å². The number of anilines is 1. The van der Waals surface area contributed by atoms with Crippen LogP contribution in [-0.4, -0.2) is 41.0 Å². The van der Waals surface area contributed by atoms with Crippen LogP contribution >= 0.6 is 0 Å². The van der Waals surface area contributed by atoms with Gasteiger partial charge in [0.15, 0.2) is 0 Å². The molecule has 0 radical (unpaired) electrons. The van der Waals surface area contributed by atoms with Crippen molar-refractivity contribution >= 4 is 23.6 Å². The maximum absolute atomic E-state index is 14.5. The average Bonchev–Trinajstić information content (AvgIpc) is 2.91. The minimum Gasteiger partial charge on any atom is -0.444 e. The van der Waals surface area contributed by atoms with Crippen LogP contribution in [0.25, 0.3) is 0 Å². The molecule has 2 atom stereocenters. The van der Waals surface area contributed by atoms with E-state index in [0.717, 1.165) is 33.4 Å². The van der Waals surface area contributed by atoms with Gasteiger partial charge in [-0.1, -0.05) is 72.8 Å². The van der Waals surface area contributed by atoms with E-state index in [1.54, 1.807) is 26.8 Å². The summed E-state index contributed by atoms with van der Waals surface area (Å²) in [7, 11) is 0. The molecule has 0 aromatic heterocycles. The molecule has 42 heavy (non-hydrogen) atoms. The highest BCUT2D eigenvalue weighted by molar-refractivity contribution is 6.00. The molecule has 0 aliphatic carbocycles. The third-order valence-corrected chi connectivity index (χ3v) is 6.99. The van der Waals surface area contributed by atoms with Gasteiger partial charge in [0, 0.05) is 18.7 Å². The van der Waals surface area contributed by atoms with Crippen molar-refractivity contribution in [2.75, 3.05) is 11.9 Å². The lowest BCUT2D eigenvalue weighted by atomic mass is 9.93. The number of alkyl carbamates (subject to hydrolysis) is 1. The number of amides is 3. The quantitative estimate of drug-likeness (QED) is 0.264. The van der Waals surface area contributed by atoms with E-state index in [1.807, 2.05) is 94.4 Å². The van der Waals surface area contributed by atoms with E-state index in [4.69, 9.17) is 4.74 Å². The summed E-state index contributed by atoms with van der Waals surface area (Å²) in [5.74, 6) is -0.773. The monoisotopic (exact) mass is 569 g/mol. The van der Waals surface area contributed by atoms with Crippen molar-refractivity contribution in [3.8, 4) is 0 Å². The Morgan fingerprint density at radius 3 is 1.93 bits per heavy atom. The van der Waals surface area contributed by atoms with Crippen molar-refractivity contribution < 1.29 is 19.1 Å². The first kappa shape index (κ1) is 32.1. The average molecular weight is 570 g/mol. The number of carbonyl (C=O) groups is 3. The molecule has 0 aliphatic heterocycles. The molecule has 3 rings (SSSR count). The maximum Gasteiger partial charge on any atom is 0.408 e. The molecule has 0 saturated heterocycles. The summed E-state index contributed by atoms with van der Waals surface area (Å²) in [4.78, 5) is 43.2. The molecule has 7 nitrogen and oxygen atoms in total. The molecular weight excluding hydrogens is 526 g/mol. The van der Waals surface area contributed by atoms with E-state index in [-0.39, 0.29) is 18.9 Å². The topological polar surface area (TPSA) is 87.7 Å². The summed E-state index contributed by atoms with van der Waals surface area (Å²) in [6, 6.07) is 19.0. The molecule has 3 aromatic rings. The summed E-state index contributed by atoms with van der Waals surface area (Å²) in [5.41, 5.74) is 5.12. The summed E-state index contributed by atoms with van der Waals surface area (Å²) in [6.07, 6.45) is 1.10. The molecule has 0 saturated carbocycles. The molecule has 0 spiro atoms. The van der Waals surface area contributed by atoms with Crippen LogP contribution in [0, 0.1) is 27.7 Å². The van der Waals surface area contributed by atoms with Gasteiger partial charge in [-0.15, -0.1) is 6.58 Å². The van der Waals surface area contributed by atoms with E-state index in [0.29, 0.717) is 5.69 Å². The largest absolute Gasteiger partial charge is 0.444 e. The Hall–Kier alpha value is -4.39. The normalized spacial score (nSPS) is 12.5. The van der Waals surface area contributed by atoms with Crippen LogP contribution in [0.3, 0.4) is 0 Å². The van der Waals surface area contributed by atoms with Gasteiger partial charge in [-0.2, -0.15) is 0 Å². The Kier molecular flexibility index (Phi) is 10.7. The third-order valence-electron chi connectivity index (χ3n) is 6.99. The molecule has 0 bridgehead atoms. The predicted molar refractivity (Wildman–Crippen MR) is 168 cm³/mol. The number of hydrogen-bond donors (Lipinski definition) is 2. The summed E-state index contributed by atoms with van der Waals surface area (Å²) < 4.78 is 5.51. The van der Waals surface area contributed by atoms with Crippen LogP contribution in [0.4, 0.5) is 10.5 Å². The zero-order chi connectivity index (χ0) is 31.0. The highest BCUT2D eigenvalue weighted by Gasteiger charge is 2.37. The first-order chi connectivity index (χ1) is 19.8. The van der Waals surface area contributed by atoms with Crippen LogP contribution in [0.5, 0.6) is 0 Å². The number of benzene rings is 3. The third kappa shape index (κ3) is 8.32. The Morgan fingerprint density at radius 1 is 0.857 bits per heavy atom. The highest BCUT2D eigenvalue weighted by Crippen LogP contribution is 2.31. The second-order valence-corrected chi connectivity index (χ2v) is 11.6. The molecule has 222 valence electrons. The number of carbonyl (C=O) groups excluding carboxylic acids is 3. The standard InChI is InChI=1S/C35H43N3O4/c1-9-21-38(33(40)28(22-27-19-11-10-12-20-27)36-34(41)42-35(6,7)8)31(29-23(2)15-13-16-24(29)3)32(39)37-30-25(4)17-14-18-26(30)5/h9-20,28,31H,1,21-22H2,2-8H3,(H,36,41)(H,37,39). The van der Waals surface area contributed by atoms with Crippen LogP contribution in [0.15, 0.2) is 79.4 Å². The molecule has 3 aromatic carbocycles. The molecule has 0 aliphatic rings. The molecule has 2 unspecified atom stereocenters. The number of ether oxygens (including phenoxy) is 1. The van der Waals surface area contributed by atoms with Gasteiger partial charge < -0.3 is 20.3 Å². The first-order valence-electron chi connectivity index (χ1n) is 14.2. The minimum atomic E-state index is -0.998. The smallest absolute Gasteiger partial charge is 0.408 e. The van der Waals surface area contributed by atoms with Gasteiger partial charge >= 0.3 is 6.09 Å². The number of rotatable bonds is 10. The number of nitrogens with one attached hydrogen (secondary N) is 2. The van der Waals surface area contributed by atoms with Gasteiger partial charge in [0.1, 0.15) is 17.7 Å². The van der Waals surface area contributed by atoms with Crippen molar-refractivity contribution in [3.63, 3.8) is 0 Å². The van der Waals surface area contributed by atoms with E-state index >= 15 is 0 Å². The van der Waals surface area contributed by atoms with Gasteiger partial charge in [-0.3, -0.25) is 9.59 Å². The molecule has 3 amide bonds. The Morgan fingerprint density at radius 2 is 1.40 bits per heavy atom. The number of aryl methyl sites for hydroxylation is 4. The van der Waals surface area contributed by atoms with Gasteiger partial charge in [-0.05, 0) is 81.8 Å². The number of hydrogen-bond acceptors (Lipinski definition) is 4. The van der Waals surface area contributed by atoms with E-state index in [2.05, 4.69) is 17.2 Å². The number of nitrogens with zero attached hydrogens (tertiary/aromatic N) is 1. The fourth-order valence-electron chi connectivity index (χ4n) is 5.05. The summed E-state index contributed by atoms with van der Waals surface area (Å²) in [6.45, 7) is 17.0. The second kappa shape index (κ2) is 14.0. The lowest BCUT2D eigenvalue weighted by Crippen LogP contribution is -2.53. The van der Waals surface area contributed by atoms with Crippen LogP contribution in [-0.2, 0) is 20.7 Å². The molecule has 2 N–H and O–H groups in total. The molecule has 0 heterocycles. The van der Waals surface area contributed by atoms with Crippen LogP contribution in [0.1, 0.15) is 60.2 Å². The number of para-hydroxylation sites is 1. The van der Waals surface area contributed by atoms with Crippen LogP contribution < -0.4 is 10.6 Å². The zero-order valence-electron chi connectivity index (χ0n) is 25.8. The van der Waals surface area contributed by atoms with E-state index in [1.165, 1.54) is 4.90 Å². The van der Waals surface area contributed by atoms with Crippen LogP contribution in [0.2, 0.25) is 0 Å². The molecule has 0 fully saturated rings. The lowest BCUT2D eigenvalue weighted by Gasteiger charge is -2.35. The Labute approximate surface area is 250 Å².